The van der Waals surface area contributed by atoms with Crippen LogP contribution in [0.25, 0.3) is 22.6 Å². The van der Waals surface area contributed by atoms with Gasteiger partial charge in [-0.3, -0.25) is 9.67 Å². The lowest BCUT2D eigenvalue weighted by atomic mass is 9.92. The Balaban J connectivity index is 1.69. The molecule has 3 aromatic heterocycles. The topological polar surface area (TPSA) is 110 Å². The first-order chi connectivity index (χ1) is 17.2. The quantitative estimate of drug-likeness (QED) is 0.381. The zero-order valence-electron chi connectivity index (χ0n) is 20.5. The second-order valence-electron chi connectivity index (χ2n) is 9.06. The highest BCUT2D eigenvalue weighted by Gasteiger charge is 2.23. The molecule has 2 atom stereocenters. The van der Waals surface area contributed by atoms with Crippen molar-refractivity contribution in [2.24, 2.45) is 0 Å². The first-order valence-corrected chi connectivity index (χ1v) is 11.7. The van der Waals surface area contributed by atoms with E-state index >= 15 is 0 Å². The van der Waals surface area contributed by atoms with E-state index in [1.165, 1.54) is 18.2 Å². The molecular weight excluding hydrogens is 466 g/mol. The molecule has 10 heteroatoms. The Morgan fingerprint density at radius 2 is 1.69 bits per heavy atom. The van der Waals surface area contributed by atoms with Gasteiger partial charge in [0.25, 0.3) is 0 Å². The van der Waals surface area contributed by atoms with Crippen LogP contribution in [0, 0.1) is 18.6 Å². The summed E-state index contributed by atoms with van der Waals surface area (Å²) in [7, 11) is 0. The van der Waals surface area contributed by atoms with Gasteiger partial charge in [-0.2, -0.15) is 15.3 Å². The molecule has 0 radical (unpaired) electrons. The molecule has 0 fully saturated rings. The summed E-state index contributed by atoms with van der Waals surface area (Å²) in [5.74, 6) is -1.68. The van der Waals surface area contributed by atoms with Crippen LogP contribution in [0.4, 0.5) is 8.78 Å². The van der Waals surface area contributed by atoms with E-state index in [0.29, 0.717) is 22.8 Å². The van der Waals surface area contributed by atoms with Gasteiger partial charge < -0.3 is 10.2 Å². The number of halogens is 2. The van der Waals surface area contributed by atoms with Crippen molar-refractivity contribution in [3.05, 3.63) is 77.0 Å². The fourth-order valence-corrected chi connectivity index (χ4v) is 4.01. The van der Waals surface area contributed by atoms with E-state index in [-0.39, 0.29) is 36.2 Å². The summed E-state index contributed by atoms with van der Waals surface area (Å²) in [5, 5.41) is 31.9. The van der Waals surface area contributed by atoms with E-state index in [1.807, 2.05) is 33.8 Å². The molecule has 0 saturated carbocycles. The highest BCUT2D eigenvalue weighted by molar-refractivity contribution is 5.61. The first kappa shape index (κ1) is 25.5. The summed E-state index contributed by atoms with van der Waals surface area (Å²) in [6, 6.07) is 7.21. The van der Waals surface area contributed by atoms with Gasteiger partial charge in [0.05, 0.1) is 48.1 Å². The van der Waals surface area contributed by atoms with Gasteiger partial charge in [-0.1, -0.05) is 26.8 Å². The van der Waals surface area contributed by atoms with E-state index in [1.54, 1.807) is 23.1 Å². The minimum absolute atomic E-state index is 0.0129. The van der Waals surface area contributed by atoms with Crippen LogP contribution >= 0.6 is 0 Å². The average Bonchev–Trinajstić information content (AvgIpc) is 3.23. The van der Waals surface area contributed by atoms with Crippen molar-refractivity contribution >= 4 is 0 Å². The fourth-order valence-electron chi connectivity index (χ4n) is 4.01. The molecule has 0 saturated heterocycles. The maximum atomic E-state index is 14.4. The van der Waals surface area contributed by atoms with Gasteiger partial charge in [-0.15, -0.1) is 0 Å². The molecule has 1 aromatic carbocycles. The Hall–Kier alpha value is -3.63. The van der Waals surface area contributed by atoms with E-state index in [9.17, 15) is 13.9 Å². The predicted octanol–water partition coefficient (Wildman–Crippen LogP) is 4.01. The second-order valence-corrected chi connectivity index (χ2v) is 9.06. The number of hydrogen-bond donors (Lipinski definition) is 2. The Labute approximate surface area is 207 Å². The van der Waals surface area contributed by atoms with Crippen molar-refractivity contribution in [3.63, 3.8) is 0 Å². The van der Waals surface area contributed by atoms with Gasteiger partial charge in [0.1, 0.15) is 23.0 Å². The van der Waals surface area contributed by atoms with Crippen LogP contribution in [0.2, 0.25) is 0 Å². The highest BCUT2D eigenvalue weighted by Crippen LogP contribution is 2.32. The Morgan fingerprint density at radius 1 is 0.972 bits per heavy atom. The van der Waals surface area contributed by atoms with E-state index < -0.39 is 17.7 Å². The number of rotatable bonds is 8. The van der Waals surface area contributed by atoms with Gasteiger partial charge in [0.15, 0.2) is 0 Å². The van der Waals surface area contributed by atoms with Crippen LogP contribution in [-0.4, -0.2) is 52.9 Å². The number of hydrogen-bond acceptors (Lipinski definition) is 7. The third-order valence-corrected chi connectivity index (χ3v) is 6.04. The lowest BCUT2D eigenvalue weighted by Gasteiger charge is -2.18. The lowest BCUT2D eigenvalue weighted by Crippen LogP contribution is -2.21. The molecule has 0 amide bonds. The van der Waals surface area contributed by atoms with Crippen molar-refractivity contribution in [1.82, 2.24) is 29.9 Å². The van der Waals surface area contributed by atoms with Crippen LogP contribution in [0.1, 0.15) is 55.3 Å². The zero-order chi connectivity index (χ0) is 26.0. The fraction of sp³-hybridized carbons (Fsp3) is 0.346. The molecular formula is C26H28F2N6O2. The molecule has 0 aliphatic heterocycles. The average molecular weight is 495 g/mol. The van der Waals surface area contributed by atoms with Gasteiger partial charge in [0, 0.05) is 17.8 Å². The van der Waals surface area contributed by atoms with E-state index in [4.69, 9.17) is 10.1 Å². The summed E-state index contributed by atoms with van der Waals surface area (Å²) < 4.78 is 30.3. The number of aryl methyl sites for hydroxylation is 1. The number of aliphatic hydroxyl groups is 2. The summed E-state index contributed by atoms with van der Waals surface area (Å²) in [5.41, 5.74) is 3.95. The van der Waals surface area contributed by atoms with Gasteiger partial charge in [0.2, 0.25) is 0 Å². The minimum Gasteiger partial charge on any atom is -0.394 e. The number of aromatic nitrogens is 6. The number of nitrogens with zero attached hydrogens (tertiary/aromatic N) is 6. The molecule has 0 aliphatic rings. The third kappa shape index (κ3) is 5.14. The normalized spacial score (nSPS) is 13.2. The Kier molecular flexibility index (Phi) is 7.46. The standard InChI is InChI=1S/C26H28F2N6O2/c1-14(2)18-9-22(25-19(27)6-5-7-20(25)28)31-32-26(18)16(4)23-10-29-11-24(30-23)21-8-15(3)34(33-21)12-17(36)13-35/h5-11,14,16-17,35-36H,12-13H2,1-4H3/t16?,17-/m0/s1. The Bertz CT molecular complexity index is 1350. The van der Waals surface area contributed by atoms with Crippen LogP contribution in [0.15, 0.2) is 42.7 Å². The summed E-state index contributed by atoms with van der Waals surface area (Å²) in [6.07, 6.45) is 2.33. The van der Waals surface area contributed by atoms with Crippen molar-refractivity contribution in [3.8, 4) is 22.6 Å². The maximum Gasteiger partial charge on any atom is 0.135 e. The zero-order valence-corrected chi connectivity index (χ0v) is 20.5. The van der Waals surface area contributed by atoms with Gasteiger partial charge in [-0.25, -0.2) is 13.8 Å². The smallest absolute Gasteiger partial charge is 0.135 e. The molecule has 8 nitrogen and oxygen atoms in total. The van der Waals surface area contributed by atoms with Crippen molar-refractivity contribution in [1.29, 1.82) is 0 Å². The molecule has 2 N–H and O–H groups in total. The minimum atomic E-state index is -0.914. The number of aliphatic hydroxyl groups excluding tert-OH is 2. The third-order valence-electron chi connectivity index (χ3n) is 6.04. The lowest BCUT2D eigenvalue weighted by molar-refractivity contribution is 0.0778. The van der Waals surface area contributed by atoms with E-state index in [2.05, 4.69) is 20.3 Å². The SMILES string of the molecule is Cc1cc(-c2cncc(C(C)c3nnc(-c4c(F)cccc4F)cc3C(C)C)n2)nn1C[C@H](O)CO. The van der Waals surface area contributed by atoms with E-state index in [0.717, 1.165) is 11.3 Å². The molecule has 4 rings (SSSR count). The molecule has 1 unspecified atom stereocenters. The summed E-state index contributed by atoms with van der Waals surface area (Å²) in [4.78, 5) is 9.08. The molecule has 36 heavy (non-hydrogen) atoms. The molecule has 3 heterocycles. The number of benzene rings is 1. The van der Waals surface area contributed by atoms with Crippen LogP contribution < -0.4 is 0 Å². The molecule has 188 valence electrons. The monoisotopic (exact) mass is 494 g/mol. The van der Waals surface area contributed by atoms with Crippen molar-refractivity contribution in [2.75, 3.05) is 6.61 Å². The molecule has 0 bridgehead atoms. The highest BCUT2D eigenvalue weighted by atomic mass is 19.1. The van der Waals surface area contributed by atoms with Gasteiger partial charge >= 0.3 is 0 Å². The van der Waals surface area contributed by atoms with Crippen LogP contribution in [0.3, 0.4) is 0 Å². The predicted molar refractivity (Wildman–Crippen MR) is 130 cm³/mol. The van der Waals surface area contributed by atoms with Crippen LogP contribution in [-0.2, 0) is 6.54 Å². The van der Waals surface area contributed by atoms with Crippen LogP contribution in [0.5, 0.6) is 0 Å². The van der Waals surface area contributed by atoms with Gasteiger partial charge in [-0.05, 0) is 42.7 Å². The maximum absolute atomic E-state index is 14.4. The van der Waals surface area contributed by atoms with Crippen molar-refractivity contribution in [2.45, 2.75) is 52.2 Å². The van der Waals surface area contributed by atoms with Crippen molar-refractivity contribution < 1.29 is 19.0 Å². The largest absolute Gasteiger partial charge is 0.394 e. The Morgan fingerprint density at radius 3 is 2.36 bits per heavy atom. The second kappa shape index (κ2) is 10.5. The first-order valence-electron chi connectivity index (χ1n) is 11.7. The summed E-state index contributed by atoms with van der Waals surface area (Å²) in [6.45, 7) is 7.54. The molecule has 0 spiro atoms. The molecule has 0 aliphatic carbocycles. The molecule has 4 aromatic rings. The summed E-state index contributed by atoms with van der Waals surface area (Å²) >= 11 is 0.